The summed E-state index contributed by atoms with van der Waals surface area (Å²) in [7, 11) is 0. The van der Waals surface area contributed by atoms with E-state index in [0.717, 1.165) is 18.8 Å². The van der Waals surface area contributed by atoms with E-state index in [1.54, 1.807) is 10.6 Å². The summed E-state index contributed by atoms with van der Waals surface area (Å²) in [6, 6.07) is 0. The van der Waals surface area contributed by atoms with Crippen molar-refractivity contribution in [2.75, 3.05) is 0 Å². The van der Waals surface area contributed by atoms with Gasteiger partial charge in [0.1, 0.15) is 0 Å². The number of hydrogen-bond donors (Lipinski definition) is 1. The van der Waals surface area contributed by atoms with E-state index >= 15 is 0 Å². The average Bonchev–Trinajstić information content (AvgIpc) is 3.19. The molecule has 6 nitrogen and oxygen atoms in total. The highest BCUT2D eigenvalue weighted by Crippen LogP contribution is 2.33. The Labute approximate surface area is 126 Å². The van der Waals surface area contributed by atoms with Gasteiger partial charge in [-0.3, -0.25) is 14.3 Å². The lowest BCUT2D eigenvalue weighted by molar-refractivity contribution is 0.566. The zero-order valence-corrected chi connectivity index (χ0v) is 12.4. The molecule has 0 spiro atoms. The summed E-state index contributed by atoms with van der Waals surface area (Å²) in [5, 5.41) is 0.192. The maximum atomic E-state index is 12.0. The van der Waals surface area contributed by atoms with Crippen molar-refractivity contribution in [1.82, 2.24) is 19.1 Å². The molecule has 0 amide bonds. The Morgan fingerprint density at radius 1 is 1.38 bits per heavy atom. The van der Waals surface area contributed by atoms with Crippen molar-refractivity contribution in [3.8, 4) is 0 Å². The highest BCUT2D eigenvalue weighted by molar-refractivity contribution is 6.29. The molecule has 1 aliphatic carbocycles. The Balaban J connectivity index is 2.05. The summed E-state index contributed by atoms with van der Waals surface area (Å²) < 4.78 is 3.06. The molecular formula is C14H17ClN4O2. The predicted octanol–water partition coefficient (Wildman–Crippen LogP) is 1.92. The number of allylic oxidation sites excluding steroid dienone is 1. The molecule has 1 fully saturated rings. The van der Waals surface area contributed by atoms with Gasteiger partial charge < -0.3 is 4.57 Å². The van der Waals surface area contributed by atoms with Gasteiger partial charge in [-0.2, -0.15) is 4.98 Å². The molecule has 1 N–H and O–H groups in total. The van der Waals surface area contributed by atoms with Crippen LogP contribution in [-0.4, -0.2) is 19.1 Å². The van der Waals surface area contributed by atoms with Gasteiger partial charge in [-0.15, -0.1) is 6.58 Å². The fourth-order valence-corrected chi connectivity index (χ4v) is 2.83. The van der Waals surface area contributed by atoms with Gasteiger partial charge in [-0.25, -0.2) is 4.79 Å². The van der Waals surface area contributed by atoms with E-state index in [4.69, 9.17) is 11.6 Å². The molecule has 112 valence electrons. The molecule has 0 unspecified atom stereocenters. The van der Waals surface area contributed by atoms with E-state index in [1.807, 2.05) is 0 Å². The van der Waals surface area contributed by atoms with Gasteiger partial charge in [-0.05, 0) is 30.4 Å². The molecule has 0 bridgehead atoms. The molecule has 21 heavy (non-hydrogen) atoms. The van der Waals surface area contributed by atoms with Crippen molar-refractivity contribution in [1.29, 1.82) is 0 Å². The van der Waals surface area contributed by atoms with Gasteiger partial charge in [0, 0.05) is 13.1 Å². The third kappa shape index (κ3) is 2.68. The van der Waals surface area contributed by atoms with Crippen LogP contribution in [0.25, 0.3) is 11.2 Å². The topological polar surface area (TPSA) is 72.7 Å². The number of halogens is 1. The lowest BCUT2D eigenvalue weighted by atomic mass is 10.2. The maximum Gasteiger partial charge on any atom is 0.330 e. The molecule has 1 aliphatic rings. The number of fused-ring (bicyclic) bond motifs is 1. The van der Waals surface area contributed by atoms with Gasteiger partial charge in [0.2, 0.25) is 5.28 Å². The number of nitrogens with zero attached hydrogens (tertiary/aromatic N) is 3. The number of aromatic amines is 1. The monoisotopic (exact) mass is 308 g/mol. The molecule has 0 aliphatic heterocycles. The summed E-state index contributed by atoms with van der Waals surface area (Å²) in [4.78, 5) is 30.6. The first-order valence-corrected chi connectivity index (χ1v) is 7.49. The fourth-order valence-electron chi connectivity index (χ4n) is 2.59. The second kappa shape index (κ2) is 5.52. The Morgan fingerprint density at radius 3 is 2.81 bits per heavy atom. The Bertz CT molecular complexity index is 798. The quantitative estimate of drug-likeness (QED) is 0.654. The SMILES string of the molecule is C=CCn1c(Cl)nc2c1c(=O)[nH]c(=O)n2CCCC1CC1. The van der Waals surface area contributed by atoms with Crippen molar-refractivity contribution < 1.29 is 0 Å². The number of rotatable bonds is 6. The lowest BCUT2D eigenvalue weighted by Crippen LogP contribution is -2.31. The van der Waals surface area contributed by atoms with Crippen LogP contribution in [0.3, 0.4) is 0 Å². The summed E-state index contributed by atoms with van der Waals surface area (Å²) in [5.41, 5.74) is -0.213. The van der Waals surface area contributed by atoms with E-state index in [9.17, 15) is 9.59 Å². The van der Waals surface area contributed by atoms with Crippen LogP contribution in [0.2, 0.25) is 5.28 Å². The van der Waals surface area contributed by atoms with Crippen molar-refractivity contribution >= 4 is 22.8 Å². The van der Waals surface area contributed by atoms with Gasteiger partial charge in [-0.1, -0.05) is 18.9 Å². The van der Waals surface area contributed by atoms with Crippen LogP contribution >= 0.6 is 11.6 Å². The van der Waals surface area contributed by atoms with Crippen molar-refractivity contribution in [2.45, 2.75) is 38.8 Å². The summed E-state index contributed by atoms with van der Waals surface area (Å²) >= 11 is 6.07. The predicted molar refractivity (Wildman–Crippen MR) is 81.8 cm³/mol. The Hall–Kier alpha value is -1.82. The van der Waals surface area contributed by atoms with Crippen molar-refractivity contribution in [3.63, 3.8) is 0 Å². The van der Waals surface area contributed by atoms with Crippen molar-refractivity contribution in [2.24, 2.45) is 5.92 Å². The highest BCUT2D eigenvalue weighted by Gasteiger charge is 2.21. The zero-order chi connectivity index (χ0) is 15.0. The summed E-state index contributed by atoms with van der Waals surface area (Å²) in [5.74, 6) is 0.806. The molecular weight excluding hydrogens is 292 g/mol. The summed E-state index contributed by atoms with van der Waals surface area (Å²) in [6.45, 7) is 4.56. The normalized spacial score (nSPS) is 14.7. The highest BCUT2D eigenvalue weighted by atomic mass is 35.5. The molecule has 0 atom stereocenters. The lowest BCUT2D eigenvalue weighted by Gasteiger charge is -2.06. The van der Waals surface area contributed by atoms with Crippen molar-refractivity contribution in [3.05, 3.63) is 38.8 Å². The van der Waals surface area contributed by atoms with E-state index in [-0.39, 0.29) is 5.28 Å². The number of aromatic nitrogens is 4. The third-order valence-corrected chi connectivity index (χ3v) is 4.13. The number of H-pyrrole nitrogens is 1. The van der Waals surface area contributed by atoms with Gasteiger partial charge in [0.15, 0.2) is 11.2 Å². The smallest absolute Gasteiger partial charge is 0.305 e. The average molecular weight is 309 g/mol. The van der Waals surface area contributed by atoms with Gasteiger partial charge in [0.25, 0.3) is 5.56 Å². The minimum Gasteiger partial charge on any atom is -0.305 e. The number of hydrogen-bond acceptors (Lipinski definition) is 3. The van der Waals surface area contributed by atoms with Crippen LogP contribution in [0.5, 0.6) is 0 Å². The second-order valence-corrected chi connectivity index (χ2v) is 5.79. The zero-order valence-electron chi connectivity index (χ0n) is 11.6. The third-order valence-electron chi connectivity index (χ3n) is 3.84. The van der Waals surface area contributed by atoms with Gasteiger partial charge >= 0.3 is 5.69 Å². The molecule has 0 radical (unpaired) electrons. The first-order valence-electron chi connectivity index (χ1n) is 7.11. The number of imidazole rings is 1. The Kier molecular flexibility index (Phi) is 3.71. The molecule has 7 heteroatoms. The van der Waals surface area contributed by atoms with E-state index in [2.05, 4.69) is 16.5 Å². The molecule has 2 aromatic rings. The molecule has 0 saturated heterocycles. The number of nitrogens with one attached hydrogen (secondary N) is 1. The second-order valence-electron chi connectivity index (χ2n) is 5.45. The molecule has 0 aromatic carbocycles. The van der Waals surface area contributed by atoms with Crippen LogP contribution in [0.4, 0.5) is 0 Å². The van der Waals surface area contributed by atoms with Crippen LogP contribution in [0.1, 0.15) is 25.7 Å². The number of aryl methyl sites for hydroxylation is 1. The molecule has 2 heterocycles. The Morgan fingerprint density at radius 2 is 2.14 bits per heavy atom. The largest absolute Gasteiger partial charge is 0.330 e. The molecule has 2 aromatic heterocycles. The first-order chi connectivity index (χ1) is 10.1. The van der Waals surface area contributed by atoms with Crippen LogP contribution in [0, 0.1) is 5.92 Å². The fraction of sp³-hybridized carbons (Fsp3) is 0.500. The summed E-state index contributed by atoms with van der Waals surface area (Å²) in [6.07, 6.45) is 6.21. The van der Waals surface area contributed by atoms with E-state index in [0.29, 0.717) is 24.3 Å². The standard InChI is InChI=1S/C14H17ClN4O2/c1-2-7-18-10-11(16-13(18)15)19(14(21)17-12(10)20)8-3-4-9-5-6-9/h2,9H,1,3-8H2,(H,17,20,21). The minimum absolute atomic E-state index is 0.192. The first kappa shape index (κ1) is 14.1. The van der Waals surface area contributed by atoms with Crippen LogP contribution < -0.4 is 11.2 Å². The molecule has 3 rings (SSSR count). The van der Waals surface area contributed by atoms with E-state index < -0.39 is 11.2 Å². The molecule has 1 saturated carbocycles. The minimum atomic E-state index is -0.463. The van der Waals surface area contributed by atoms with Gasteiger partial charge in [0.05, 0.1) is 0 Å². The van der Waals surface area contributed by atoms with E-state index in [1.165, 1.54) is 17.4 Å². The maximum absolute atomic E-state index is 12.0. The van der Waals surface area contributed by atoms with Crippen LogP contribution in [-0.2, 0) is 13.1 Å². The van der Waals surface area contributed by atoms with Crippen LogP contribution in [0.15, 0.2) is 22.2 Å².